The van der Waals surface area contributed by atoms with Crippen LogP contribution in [0.25, 0.3) is 0 Å². The van der Waals surface area contributed by atoms with Crippen molar-refractivity contribution in [2.45, 2.75) is 39.7 Å². The monoisotopic (exact) mass is 328 g/mol. The zero-order chi connectivity index (χ0) is 17.4. The van der Waals surface area contributed by atoms with E-state index in [0.717, 1.165) is 24.1 Å². The summed E-state index contributed by atoms with van der Waals surface area (Å²) >= 11 is 0. The molecule has 0 heterocycles. The van der Waals surface area contributed by atoms with E-state index in [4.69, 9.17) is 0 Å². The van der Waals surface area contributed by atoms with Gasteiger partial charge in [-0.2, -0.15) is 0 Å². The lowest BCUT2D eigenvalue weighted by molar-refractivity contribution is -0.121. The molecule has 1 amide bonds. The molecule has 2 N–H and O–H groups in total. The number of carbonyl (C=O) groups is 1. The Hall–Kier alpha value is -2.36. The summed E-state index contributed by atoms with van der Waals surface area (Å²) in [6.45, 7) is 5.29. The van der Waals surface area contributed by atoms with Gasteiger partial charge in [-0.15, -0.1) is 0 Å². The van der Waals surface area contributed by atoms with Gasteiger partial charge in [-0.3, -0.25) is 4.79 Å². The Morgan fingerprint density at radius 3 is 2.21 bits per heavy atom. The van der Waals surface area contributed by atoms with Crippen LogP contribution in [0, 0.1) is 5.82 Å². The van der Waals surface area contributed by atoms with Crippen LogP contribution in [-0.2, 0) is 24.2 Å². The molecule has 2 aromatic carbocycles. The Labute approximate surface area is 143 Å². The summed E-state index contributed by atoms with van der Waals surface area (Å²) in [5.41, 5.74) is 4.61. The first-order valence-corrected chi connectivity index (χ1v) is 8.49. The van der Waals surface area contributed by atoms with Gasteiger partial charge in [0.2, 0.25) is 5.91 Å². The van der Waals surface area contributed by atoms with Crippen molar-refractivity contribution in [1.29, 1.82) is 0 Å². The predicted molar refractivity (Wildman–Crippen MR) is 96.6 cm³/mol. The van der Waals surface area contributed by atoms with E-state index in [2.05, 4.69) is 42.7 Å². The van der Waals surface area contributed by atoms with Crippen LogP contribution in [0.4, 0.5) is 10.1 Å². The molecule has 128 valence electrons. The SMILES string of the molecule is CCc1cccc(CC)c1NCCC(=O)NCc1ccc(F)cc1. The molecule has 0 aliphatic heterocycles. The second-order valence-electron chi connectivity index (χ2n) is 5.74. The lowest BCUT2D eigenvalue weighted by atomic mass is 10.0. The van der Waals surface area contributed by atoms with Crippen LogP contribution in [0.15, 0.2) is 42.5 Å². The van der Waals surface area contributed by atoms with Gasteiger partial charge in [-0.25, -0.2) is 4.39 Å². The first-order valence-electron chi connectivity index (χ1n) is 8.49. The van der Waals surface area contributed by atoms with E-state index in [-0.39, 0.29) is 11.7 Å². The average Bonchev–Trinajstić information content (AvgIpc) is 2.61. The van der Waals surface area contributed by atoms with E-state index in [0.29, 0.717) is 19.5 Å². The molecular formula is C20H25FN2O. The summed E-state index contributed by atoms with van der Waals surface area (Å²) in [5.74, 6) is -0.283. The van der Waals surface area contributed by atoms with Crippen molar-refractivity contribution in [1.82, 2.24) is 5.32 Å². The highest BCUT2D eigenvalue weighted by Crippen LogP contribution is 2.22. The second kappa shape index (κ2) is 9.06. The maximum atomic E-state index is 12.8. The highest BCUT2D eigenvalue weighted by molar-refractivity contribution is 5.76. The standard InChI is InChI=1S/C20H25FN2O/c1-3-16-6-5-7-17(4-2)20(16)22-13-12-19(24)23-14-15-8-10-18(21)11-9-15/h5-11,22H,3-4,12-14H2,1-2H3,(H,23,24). The number of anilines is 1. The summed E-state index contributed by atoms with van der Waals surface area (Å²) in [6.07, 6.45) is 2.34. The Kier molecular flexibility index (Phi) is 6.79. The maximum absolute atomic E-state index is 12.8. The molecule has 0 unspecified atom stereocenters. The van der Waals surface area contributed by atoms with Crippen LogP contribution in [0.1, 0.15) is 37.0 Å². The van der Waals surface area contributed by atoms with Crippen molar-refractivity contribution in [3.63, 3.8) is 0 Å². The normalized spacial score (nSPS) is 10.5. The second-order valence-corrected chi connectivity index (χ2v) is 5.74. The molecule has 0 bridgehead atoms. The first-order chi connectivity index (χ1) is 11.6. The van der Waals surface area contributed by atoms with Crippen molar-refractivity contribution in [3.8, 4) is 0 Å². The van der Waals surface area contributed by atoms with Gasteiger partial charge in [0.05, 0.1) is 0 Å². The maximum Gasteiger partial charge on any atom is 0.222 e. The Morgan fingerprint density at radius 2 is 1.62 bits per heavy atom. The molecular weight excluding hydrogens is 303 g/mol. The number of halogens is 1. The molecule has 2 rings (SSSR count). The summed E-state index contributed by atoms with van der Waals surface area (Å²) in [4.78, 5) is 12.0. The number of aryl methyl sites for hydroxylation is 2. The van der Waals surface area contributed by atoms with E-state index in [1.54, 1.807) is 12.1 Å². The van der Waals surface area contributed by atoms with Gasteiger partial charge < -0.3 is 10.6 Å². The molecule has 0 aromatic heterocycles. The first kappa shape index (κ1) is 18.0. The highest BCUT2D eigenvalue weighted by atomic mass is 19.1. The van der Waals surface area contributed by atoms with Gasteiger partial charge in [0.15, 0.2) is 0 Å². The predicted octanol–water partition coefficient (Wildman–Crippen LogP) is 4.07. The van der Waals surface area contributed by atoms with Gasteiger partial charge in [0.1, 0.15) is 5.82 Å². The van der Waals surface area contributed by atoms with Crippen molar-refractivity contribution in [2.24, 2.45) is 0 Å². The molecule has 0 aliphatic carbocycles. The average molecular weight is 328 g/mol. The van der Waals surface area contributed by atoms with Crippen LogP contribution in [0.5, 0.6) is 0 Å². The number of hydrogen-bond acceptors (Lipinski definition) is 2. The number of benzene rings is 2. The van der Waals surface area contributed by atoms with Crippen LogP contribution >= 0.6 is 0 Å². The van der Waals surface area contributed by atoms with Gasteiger partial charge in [0, 0.05) is 25.2 Å². The smallest absolute Gasteiger partial charge is 0.222 e. The number of carbonyl (C=O) groups excluding carboxylic acids is 1. The van der Waals surface area contributed by atoms with Gasteiger partial charge in [-0.1, -0.05) is 44.2 Å². The summed E-state index contributed by atoms with van der Waals surface area (Å²) in [5, 5.41) is 6.27. The molecule has 2 aromatic rings. The van der Waals surface area contributed by atoms with Gasteiger partial charge in [-0.05, 0) is 41.7 Å². The molecule has 4 heteroatoms. The quantitative estimate of drug-likeness (QED) is 0.767. The Bertz CT molecular complexity index is 646. The zero-order valence-corrected chi connectivity index (χ0v) is 14.4. The van der Waals surface area contributed by atoms with Crippen LogP contribution in [0.2, 0.25) is 0 Å². The molecule has 3 nitrogen and oxygen atoms in total. The zero-order valence-electron chi connectivity index (χ0n) is 14.4. The topological polar surface area (TPSA) is 41.1 Å². The molecule has 0 aliphatic rings. The van der Waals surface area contributed by atoms with Crippen molar-refractivity contribution >= 4 is 11.6 Å². The Balaban J connectivity index is 1.81. The lowest BCUT2D eigenvalue weighted by Crippen LogP contribution is -2.25. The van der Waals surface area contributed by atoms with Crippen LogP contribution in [-0.4, -0.2) is 12.5 Å². The third-order valence-corrected chi connectivity index (χ3v) is 4.06. The fraction of sp³-hybridized carbons (Fsp3) is 0.350. The largest absolute Gasteiger partial charge is 0.384 e. The van der Waals surface area contributed by atoms with Crippen LogP contribution in [0.3, 0.4) is 0 Å². The van der Waals surface area contributed by atoms with E-state index >= 15 is 0 Å². The highest BCUT2D eigenvalue weighted by Gasteiger charge is 2.07. The van der Waals surface area contributed by atoms with E-state index in [9.17, 15) is 9.18 Å². The number of rotatable bonds is 8. The minimum atomic E-state index is -0.268. The number of hydrogen-bond donors (Lipinski definition) is 2. The molecule has 0 radical (unpaired) electrons. The molecule has 0 atom stereocenters. The third kappa shape index (κ3) is 5.08. The van der Waals surface area contributed by atoms with Crippen molar-refractivity contribution < 1.29 is 9.18 Å². The van der Waals surface area contributed by atoms with E-state index in [1.165, 1.54) is 23.3 Å². The number of para-hydroxylation sites is 1. The fourth-order valence-corrected chi connectivity index (χ4v) is 2.66. The summed E-state index contributed by atoms with van der Waals surface area (Å²) in [7, 11) is 0. The van der Waals surface area contributed by atoms with Gasteiger partial charge >= 0.3 is 0 Å². The molecule has 24 heavy (non-hydrogen) atoms. The minimum Gasteiger partial charge on any atom is -0.384 e. The fourth-order valence-electron chi connectivity index (χ4n) is 2.66. The van der Waals surface area contributed by atoms with Gasteiger partial charge in [0.25, 0.3) is 0 Å². The van der Waals surface area contributed by atoms with Crippen molar-refractivity contribution in [2.75, 3.05) is 11.9 Å². The third-order valence-electron chi connectivity index (χ3n) is 4.06. The summed E-state index contributed by atoms with van der Waals surface area (Å²) in [6, 6.07) is 12.5. The molecule has 0 fully saturated rings. The molecule has 0 saturated carbocycles. The number of nitrogens with one attached hydrogen (secondary N) is 2. The summed E-state index contributed by atoms with van der Waals surface area (Å²) < 4.78 is 12.8. The van der Waals surface area contributed by atoms with Crippen LogP contribution < -0.4 is 10.6 Å². The molecule has 0 spiro atoms. The minimum absolute atomic E-state index is 0.0150. The van der Waals surface area contributed by atoms with E-state index in [1.807, 2.05) is 0 Å². The van der Waals surface area contributed by atoms with E-state index < -0.39 is 0 Å². The lowest BCUT2D eigenvalue weighted by Gasteiger charge is -2.15. The Morgan fingerprint density at radius 1 is 1.00 bits per heavy atom. The van der Waals surface area contributed by atoms with Crippen molar-refractivity contribution in [3.05, 3.63) is 65.0 Å². The number of amides is 1. The molecule has 0 saturated heterocycles.